The van der Waals surface area contributed by atoms with Crippen LogP contribution in [0.3, 0.4) is 0 Å². The largest absolute Gasteiger partial charge is 0.356 e. The summed E-state index contributed by atoms with van der Waals surface area (Å²) in [5.74, 6) is 0.835. The third-order valence-electron chi connectivity index (χ3n) is 3.89. The Hall–Kier alpha value is -1.26. The number of aliphatic imine (C=N–C) groups is 1. The van der Waals surface area contributed by atoms with Gasteiger partial charge in [0.1, 0.15) is 6.54 Å². The molecule has 1 aliphatic rings. The summed E-state index contributed by atoms with van der Waals surface area (Å²) in [6.07, 6.45) is 9.91. The van der Waals surface area contributed by atoms with E-state index in [1.807, 2.05) is 0 Å². The van der Waals surface area contributed by atoms with Crippen molar-refractivity contribution in [3.05, 3.63) is 0 Å². The molecular formula is C16H32N4O. The summed E-state index contributed by atoms with van der Waals surface area (Å²) in [6, 6.07) is 0.505. The van der Waals surface area contributed by atoms with E-state index in [2.05, 4.69) is 22.5 Å². The molecule has 0 aromatic carbocycles. The van der Waals surface area contributed by atoms with E-state index in [1.165, 1.54) is 44.9 Å². The fraction of sp³-hybridized carbons (Fsp3) is 0.875. The van der Waals surface area contributed by atoms with E-state index in [1.54, 1.807) is 19.0 Å². The van der Waals surface area contributed by atoms with Gasteiger partial charge in [-0.15, -0.1) is 0 Å². The Morgan fingerprint density at radius 3 is 2.52 bits per heavy atom. The van der Waals surface area contributed by atoms with E-state index in [9.17, 15) is 4.79 Å². The zero-order chi connectivity index (χ0) is 15.5. The molecule has 1 fully saturated rings. The van der Waals surface area contributed by atoms with Crippen molar-refractivity contribution in [2.24, 2.45) is 4.99 Å². The molecule has 5 heteroatoms. The van der Waals surface area contributed by atoms with Gasteiger partial charge in [0.25, 0.3) is 0 Å². The number of guanidine groups is 1. The standard InChI is InChI=1S/C16H32N4O/c1-4-5-9-12-17-16(18-13-15(21)20(2)3)19-14-10-7-6-8-11-14/h14H,4-13H2,1-3H3,(H2,17,18,19). The van der Waals surface area contributed by atoms with Crippen LogP contribution < -0.4 is 10.6 Å². The second-order valence-corrected chi connectivity index (χ2v) is 6.07. The lowest BCUT2D eigenvalue weighted by Gasteiger charge is -2.25. The zero-order valence-electron chi connectivity index (χ0n) is 14.0. The van der Waals surface area contributed by atoms with Crippen LogP contribution in [0.5, 0.6) is 0 Å². The Labute approximate surface area is 129 Å². The lowest BCUT2D eigenvalue weighted by Crippen LogP contribution is -2.45. The number of rotatable bonds is 7. The van der Waals surface area contributed by atoms with Crippen LogP contribution >= 0.6 is 0 Å². The molecule has 0 unspecified atom stereocenters. The molecule has 0 radical (unpaired) electrons. The predicted molar refractivity (Wildman–Crippen MR) is 88.5 cm³/mol. The predicted octanol–water partition coefficient (Wildman–Crippen LogP) is 2.13. The van der Waals surface area contributed by atoms with Gasteiger partial charge >= 0.3 is 0 Å². The Bertz CT molecular complexity index is 322. The number of likely N-dealkylation sites (N-methyl/N-ethyl adjacent to an activating group) is 1. The van der Waals surface area contributed by atoms with Gasteiger partial charge in [0, 0.05) is 26.7 Å². The fourth-order valence-corrected chi connectivity index (χ4v) is 2.46. The number of hydrogen-bond acceptors (Lipinski definition) is 2. The van der Waals surface area contributed by atoms with E-state index in [-0.39, 0.29) is 12.5 Å². The summed E-state index contributed by atoms with van der Waals surface area (Å²) in [5, 5.41) is 6.86. The first-order valence-electron chi connectivity index (χ1n) is 8.38. The van der Waals surface area contributed by atoms with Crippen molar-refractivity contribution in [2.75, 3.05) is 27.2 Å². The van der Waals surface area contributed by atoms with E-state index in [0.717, 1.165) is 18.9 Å². The molecule has 0 aromatic heterocycles. The van der Waals surface area contributed by atoms with Gasteiger partial charge in [-0.2, -0.15) is 0 Å². The van der Waals surface area contributed by atoms with Crippen molar-refractivity contribution >= 4 is 11.9 Å². The van der Waals surface area contributed by atoms with Gasteiger partial charge in [-0.25, -0.2) is 4.99 Å². The molecule has 5 nitrogen and oxygen atoms in total. The van der Waals surface area contributed by atoms with Crippen LogP contribution in [0.1, 0.15) is 58.3 Å². The van der Waals surface area contributed by atoms with Crippen LogP contribution in [-0.4, -0.2) is 50.0 Å². The van der Waals surface area contributed by atoms with E-state index in [0.29, 0.717) is 6.04 Å². The monoisotopic (exact) mass is 296 g/mol. The summed E-state index contributed by atoms with van der Waals surface area (Å²) in [7, 11) is 3.53. The molecule has 0 saturated heterocycles. The molecule has 122 valence electrons. The van der Waals surface area contributed by atoms with Gasteiger partial charge in [-0.3, -0.25) is 4.79 Å². The average molecular weight is 296 g/mol. The Morgan fingerprint density at radius 1 is 1.19 bits per heavy atom. The molecule has 0 aliphatic heterocycles. The van der Waals surface area contributed by atoms with Crippen LogP contribution in [0.2, 0.25) is 0 Å². The molecule has 2 N–H and O–H groups in total. The first-order valence-corrected chi connectivity index (χ1v) is 8.38. The Kier molecular flexibility index (Phi) is 8.87. The van der Waals surface area contributed by atoms with Crippen molar-refractivity contribution < 1.29 is 4.79 Å². The lowest BCUT2D eigenvalue weighted by atomic mass is 9.96. The number of nitrogens with one attached hydrogen (secondary N) is 2. The smallest absolute Gasteiger partial charge is 0.243 e. The van der Waals surface area contributed by atoms with Gasteiger partial charge in [-0.1, -0.05) is 39.0 Å². The summed E-state index contributed by atoms with van der Waals surface area (Å²) in [6.45, 7) is 3.33. The molecule has 1 aliphatic carbocycles. The number of nitrogens with zero attached hydrogens (tertiary/aromatic N) is 2. The van der Waals surface area contributed by atoms with Gasteiger partial charge in [0.2, 0.25) is 5.91 Å². The molecule has 0 heterocycles. The normalized spacial score (nSPS) is 16.6. The summed E-state index contributed by atoms with van der Waals surface area (Å²) < 4.78 is 0. The van der Waals surface area contributed by atoms with E-state index < -0.39 is 0 Å². The first kappa shape index (κ1) is 17.8. The SMILES string of the molecule is CCCCCNC(=NCC(=O)N(C)C)NC1CCCCC1. The highest BCUT2D eigenvalue weighted by atomic mass is 16.2. The third-order valence-corrected chi connectivity index (χ3v) is 3.89. The van der Waals surface area contributed by atoms with Gasteiger partial charge < -0.3 is 15.5 Å². The number of amides is 1. The van der Waals surface area contributed by atoms with Crippen LogP contribution in [0, 0.1) is 0 Å². The van der Waals surface area contributed by atoms with E-state index in [4.69, 9.17) is 0 Å². The van der Waals surface area contributed by atoms with E-state index >= 15 is 0 Å². The fourth-order valence-electron chi connectivity index (χ4n) is 2.46. The molecule has 1 amide bonds. The quantitative estimate of drug-likeness (QED) is 0.430. The second kappa shape index (κ2) is 10.5. The van der Waals surface area contributed by atoms with Crippen LogP contribution in [0.15, 0.2) is 4.99 Å². The maximum atomic E-state index is 11.7. The number of carbonyl (C=O) groups excluding carboxylic acids is 1. The van der Waals surface area contributed by atoms with Crippen molar-refractivity contribution in [3.8, 4) is 0 Å². The van der Waals surface area contributed by atoms with Crippen LogP contribution in [0.4, 0.5) is 0 Å². The summed E-state index contributed by atoms with van der Waals surface area (Å²) in [4.78, 5) is 17.7. The van der Waals surface area contributed by atoms with Crippen LogP contribution in [-0.2, 0) is 4.79 Å². The minimum absolute atomic E-state index is 0.0355. The zero-order valence-corrected chi connectivity index (χ0v) is 14.0. The topological polar surface area (TPSA) is 56.7 Å². The highest BCUT2D eigenvalue weighted by molar-refractivity contribution is 5.84. The minimum Gasteiger partial charge on any atom is -0.356 e. The Morgan fingerprint density at radius 2 is 1.90 bits per heavy atom. The molecule has 0 spiro atoms. The molecule has 0 aromatic rings. The Balaban J connectivity index is 2.46. The maximum absolute atomic E-state index is 11.7. The summed E-state index contributed by atoms with van der Waals surface area (Å²) >= 11 is 0. The van der Waals surface area contributed by atoms with Gasteiger partial charge in [0.15, 0.2) is 5.96 Å². The maximum Gasteiger partial charge on any atom is 0.243 e. The van der Waals surface area contributed by atoms with Crippen LogP contribution in [0.25, 0.3) is 0 Å². The van der Waals surface area contributed by atoms with Crippen molar-refractivity contribution in [2.45, 2.75) is 64.3 Å². The molecule has 0 bridgehead atoms. The highest BCUT2D eigenvalue weighted by Gasteiger charge is 2.14. The highest BCUT2D eigenvalue weighted by Crippen LogP contribution is 2.17. The molecule has 1 rings (SSSR count). The minimum atomic E-state index is 0.0355. The summed E-state index contributed by atoms with van der Waals surface area (Å²) in [5.41, 5.74) is 0. The second-order valence-electron chi connectivity index (χ2n) is 6.07. The molecular weight excluding hydrogens is 264 g/mol. The number of unbranched alkanes of at least 4 members (excludes halogenated alkanes) is 2. The molecule has 1 saturated carbocycles. The van der Waals surface area contributed by atoms with Crippen molar-refractivity contribution in [1.82, 2.24) is 15.5 Å². The van der Waals surface area contributed by atoms with Crippen molar-refractivity contribution in [3.63, 3.8) is 0 Å². The molecule has 21 heavy (non-hydrogen) atoms. The lowest BCUT2D eigenvalue weighted by molar-refractivity contribution is -0.127. The number of carbonyl (C=O) groups is 1. The number of hydrogen-bond donors (Lipinski definition) is 2. The average Bonchev–Trinajstić information content (AvgIpc) is 2.49. The first-order chi connectivity index (χ1) is 10.1. The molecule has 0 atom stereocenters. The third kappa shape index (κ3) is 7.93. The van der Waals surface area contributed by atoms with Gasteiger partial charge in [0.05, 0.1) is 0 Å². The van der Waals surface area contributed by atoms with Gasteiger partial charge in [-0.05, 0) is 19.3 Å². The van der Waals surface area contributed by atoms with Crippen molar-refractivity contribution in [1.29, 1.82) is 0 Å².